The second kappa shape index (κ2) is 7.49. The van der Waals surface area contributed by atoms with Crippen molar-refractivity contribution in [3.05, 3.63) is 0 Å². The Morgan fingerprint density at radius 1 is 0.933 bits per heavy atom. The molecule has 172 valence electrons. The van der Waals surface area contributed by atoms with Gasteiger partial charge >= 0.3 is 6.18 Å². The number of aliphatic hydroxyl groups is 1. The molecule has 0 radical (unpaired) electrons. The van der Waals surface area contributed by atoms with E-state index in [-0.39, 0.29) is 11.8 Å². The summed E-state index contributed by atoms with van der Waals surface area (Å²) in [6.07, 6.45) is 6.23. The number of hydrogen-bond acceptors (Lipinski definition) is 2. The van der Waals surface area contributed by atoms with E-state index in [4.69, 9.17) is 0 Å². The monoisotopic (exact) mass is 428 g/mol. The van der Waals surface area contributed by atoms with Gasteiger partial charge in [0.25, 0.3) is 0 Å². The first-order valence-electron chi connectivity index (χ1n) is 12.2. The lowest BCUT2D eigenvalue weighted by Crippen LogP contribution is -2.55. The zero-order valence-corrected chi connectivity index (χ0v) is 18.9. The molecule has 0 bridgehead atoms. The van der Waals surface area contributed by atoms with Crippen LogP contribution in [0.3, 0.4) is 0 Å². The predicted octanol–water partition coefficient (Wildman–Crippen LogP) is 6.70. The SMILES string of the molecule is C[C@]1(O)CC[C@]2(C)C3CC[C@@]4(C)C(CC[C@@H]4CCCC(=O)C(F)(F)F)C3CC[C@H]2C1. The zero-order chi connectivity index (χ0) is 21.9. The van der Waals surface area contributed by atoms with Crippen LogP contribution >= 0.6 is 0 Å². The van der Waals surface area contributed by atoms with E-state index >= 15 is 0 Å². The summed E-state index contributed by atoms with van der Waals surface area (Å²) >= 11 is 0. The fourth-order valence-corrected chi connectivity index (χ4v) is 8.66. The van der Waals surface area contributed by atoms with Crippen molar-refractivity contribution in [1.29, 1.82) is 0 Å². The Bertz CT molecular complexity index is 672. The summed E-state index contributed by atoms with van der Waals surface area (Å²) in [5.74, 6) is 1.66. The van der Waals surface area contributed by atoms with E-state index in [2.05, 4.69) is 13.8 Å². The van der Waals surface area contributed by atoms with Crippen molar-refractivity contribution in [3.8, 4) is 0 Å². The van der Waals surface area contributed by atoms with Crippen molar-refractivity contribution in [2.75, 3.05) is 0 Å². The fourth-order valence-electron chi connectivity index (χ4n) is 8.66. The summed E-state index contributed by atoms with van der Waals surface area (Å²) in [6.45, 7) is 6.89. The van der Waals surface area contributed by atoms with Crippen LogP contribution in [-0.4, -0.2) is 22.7 Å². The first-order chi connectivity index (χ1) is 13.9. The molecular formula is C25H39F3O2. The van der Waals surface area contributed by atoms with Crippen molar-refractivity contribution in [2.24, 2.45) is 40.4 Å². The molecule has 3 unspecified atom stereocenters. The van der Waals surface area contributed by atoms with Gasteiger partial charge in [-0.25, -0.2) is 0 Å². The molecule has 0 saturated heterocycles. The van der Waals surface area contributed by atoms with Gasteiger partial charge in [0.2, 0.25) is 5.78 Å². The third-order valence-electron chi connectivity index (χ3n) is 10.4. The molecule has 0 spiro atoms. The average molecular weight is 429 g/mol. The van der Waals surface area contributed by atoms with Gasteiger partial charge in [0.15, 0.2) is 0 Å². The Morgan fingerprint density at radius 2 is 1.63 bits per heavy atom. The summed E-state index contributed by atoms with van der Waals surface area (Å²) in [6, 6.07) is 0. The minimum Gasteiger partial charge on any atom is -0.390 e. The second-order valence-corrected chi connectivity index (χ2v) is 12.0. The Kier molecular flexibility index (Phi) is 5.64. The molecule has 30 heavy (non-hydrogen) atoms. The molecule has 4 fully saturated rings. The number of halogens is 3. The normalized spacial score (nSPS) is 48.6. The maximum atomic E-state index is 12.5. The summed E-state index contributed by atoms with van der Waals surface area (Å²) in [5.41, 5.74) is 0.0575. The van der Waals surface area contributed by atoms with Crippen LogP contribution in [-0.2, 0) is 4.79 Å². The van der Waals surface area contributed by atoms with E-state index in [1.54, 1.807) is 0 Å². The zero-order valence-electron chi connectivity index (χ0n) is 18.9. The van der Waals surface area contributed by atoms with Gasteiger partial charge in [-0.15, -0.1) is 0 Å². The molecular weight excluding hydrogens is 389 g/mol. The largest absolute Gasteiger partial charge is 0.449 e. The maximum absolute atomic E-state index is 12.5. The molecule has 2 nitrogen and oxygen atoms in total. The summed E-state index contributed by atoms with van der Waals surface area (Å²) in [7, 11) is 0. The number of fused-ring (bicyclic) bond motifs is 5. The van der Waals surface area contributed by atoms with Crippen LogP contribution < -0.4 is 0 Å². The lowest BCUT2D eigenvalue weighted by molar-refractivity contribution is -0.171. The van der Waals surface area contributed by atoms with E-state index in [0.29, 0.717) is 29.6 Å². The molecule has 4 aliphatic rings. The van der Waals surface area contributed by atoms with Gasteiger partial charge in [-0.3, -0.25) is 4.79 Å². The maximum Gasteiger partial charge on any atom is 0.449 e. The van der Waals surface area contributed by atoms with Gasteiger partial charge < -0.3 is 5.11 Å². The molecule has 0 aliphatic heterocycles. The lowest BCUT2D eigenvalue weighted by Gasteiger charge is -2.62. The van der Waals surface area contributed by atoms with Gasteiger partial charge in [0.05, 0.1) is 5.60 Å². The number of ketones is 1. The van der Waals surface area contributed by atoms with Crippen molar-refractivity contribution < 1.29 is 23.1 Å². The molecule has 1 N–H and O–H groups in total. The molecule has 0 heterocycles. The minimum absolute atomic E-state index is 0.228. The fraction of sp³-hybridized carbons (Fsp3) is 0.960. The van der Waals surface area contributed by atoms with Gasteiger partial charge in [-0.1, -0.05) is 13.8 Å². The Morgan fingerprint density at radius 3 is 2.33 bits per heavy atom. The Balaban J connectivity index is 1.42. The third-order valence-corrected chi connectivity index (χ3v) is 10.4. The van der Waals surface area contributed by atoms with Crippen LogP contribution in [0.4, 0.5) is 13.2 Å². The number of carbonyl (C=O) groups excluding carboxylic acids is 1. The van der Waals surface area contributed by atoms with Crippen molar-refractivity contribution >= 4 is 5.78 Å². The number of carbonyl (C=O) groups is 1. The Hall–Kier alpha value is -0.580. The van der Waals surface area contributed by atoms with E-state index in [1.165, 1.54) is 32.1 Å². The number of hydrogen-bond donors (Lipinski definition) is 1. The van der Waals surface area contributed by atoms with Gasteiger partial charge in [-0.05, 0) is 118 Å². The van der Waals surface area contributed by atoms with E-state index < -0.39 is 17.6 Å². The average Bonchev–Trinajstić information content (AvgIpc) is 2.98. The van der Waals surface area contributed by atoms with Gasteiger partial charge in [0, 0.05) is 6.42 Å². The second-order valence-electron chi connectivity index (χ2n) is 12.0. The van der Waals surface area contributed by atoms with Crippen LogP contribution in [0.15, 0.2) is 0 Å². The van der Waals surface area contributed by atoms with Crippen LogP contribution in [0.25, 0.3) is 0 Å². The molecule has 5 heteroatoms. The molecule has 0 aromatic carbocycles. The standard InChI is InChI=1S/C25H39F3O2/c1-22(30)13-14-24(3)17(15-22)7-9-18-19-10-8-16(23(19,2)12-11-20(18)24)5-4-6-21(29)25(26,27)28/h16-20,30H,4-15H2,1-3H3/t16-,17-,18?,19?,20?,22-,23+,24-/m0/s1. The molecule has 0 amide bonds. The highest BCUT2D eigenvalue weighted by molar-refractivity contribution is 5.83. The summed E-state index contributed by atoms with van der Waals surface area (Å²) in [5, 5.41) is 10.6. The number of rotatable bonds is 4. The smallest absolute Gasteiger partial charge is 0.390 e. The van der Waals surface area contributed by atoms with E-state index in [0.717, 1.165) is 43.9 Å². The first kappa shape index (κ1) is 22.6. The number of alkyl halides is 3. The highest BCUT2D eigenvalue weighted by Gasteiger charge is 2.60. The highest BCUT2D eigenvalue weighted by atomic mass is 19.4. The van der Waals surface area contributed by atoms with Crippen molar-refractivity contribution in [2.45, 2.75) is 110 Å². The first-order valence-corrected chi connectivity index (χ1v) is 12.2. The quantitative estimate of drug-likeness (QED) is 0.541. The molecule has 8 atom stereocenters. The van der Waals surface area contributed by atoms with Crippen molar-refractivity contribution in [3.63, 3.8) is 0 Å². The van der Waals surface area contributed by atoms with Crippen LogP contribution in [0.1, 0.15) is 97.8 Å². The molecule has 4 aliphatic carbocycles. The predicted molar refractivity (Wildman–Crippen MR) is 111 cm³/mol. The lowest BCUT2D eigenvalue weighted by atomic mass is 9.44. The molecule has 0 aromatic rings. The summed E-state index contributed by atoms with van der Waals surface area (Å²) in [4.78, 5) is 11.3. The third kappa shape index (κ3) is 3.75. The van der Waals surface area contributed by atoms with Gasteiger partial charge in [-0.2, -0.15) is 13.2 Å². The molecule has 0 aromatic heterocycles. The van der Waals surface area contributed by atoms with Crippen molar-refractivity contribution in [1.82, 2.24) is 0 Å². The molecule has 4 rings (SSSR count). The van der Waals surface area contributed by atoms with Gasteiger partial charge in [0.1, 0.15) is 0 Å². The van der Waals surface area contributed by atoms with E-state index in [1.807, 2.05) is 6.92 Å². The highest BCUT2D eigenvalue weighted by Crippen LogP contribution is 2.68. The van der Waals surface area contributed by atoms with E-state index in [9.17, 15) is 23.1 Å². The number of Topliss-reactive ketones (excluding diaryl/α,β-unsaturated/α-hetero) is 1. The van der Waals surface area contributed by atoms with Crippen LogP contribution in [0, 0.1) is 40.4 Å². The molecule has 4 saturated carbocycles. The van der Waals surface area contributed by atoms with Crippen LogP contribution in [0.5, 0.6) is 0 Å². The topological polar surface area (TPSA) is 37.3 Å². The van der Waals surface area contributed by atoms with Crippen LogP contribution in [0.2, 0.25) is 0 Å². The Labute approximate surface area is 179 Å². The summed E-state index contributed by atoms with van der Waals surface area (Å²) < 4.78 is 37.6. The minimum atomic E-state index is -4.68.